The molecule has 2 atom stereocenters. The van der Waals surface area contributed by atoms with Crippen molar-refractivity contribution in [3.8, 4) is 5.88 Å². The van der Waals surface area contributed by atoms with Crippen LogP contribution in [-0.2, 0) is 0 Å². The van der Waals surface area contributed by atoms with E-state index >= 15 is 0 Å². The van der Waals surface area contributed by atoms with Crippen molar-refractivity contribution < 1.29 is 9.53 Å². The molecule has 102 valence electrons. The van der Waals surface area contributed by atoms with Crippen molar-refractivity contribution in [2.45, 2.75) is 42.6 Å². The van der Waals surface area contributed by atoms with Crippen LogP contribution in [0, 0.1) is 5.92 Å². The highest BCUT2D eigenvalue weighted by Gasteiger charge is 2.35. The minimum Gasteiger partial charge on any atom is -0.481 e. The van der Waals surface area contributed by atoms with Gasteiger partial charge in [-0.25, -0.2) is 4.98 Å². The van der Waals surface area contributed by atoms with Gasteiger partial charge in [-0.15, -0.1) is 0 Å². The molecule has 0 radical (unpaired) electrons. The van der Waals surface area contributed by atoms with Crippen molar-refractivity contribution in [1.29, 1.82) is 0 Å². The Morgan fingerprint density at radius 1 is 1.32 bits per heavy atom. The lowest BCUT2D eigenvalue weighted by Gasteiger charge is -2.37. The summed E-state index contributed by atoms with van der Waals surface area (Å²) in [5.41, 5.74) is 0.732. The number of carbonyl (C=O) groups excluding carboxylic acids is 1. The van der Waals surface area contributed by atoms with Crippen LogP contribution in [0.25, 0.3) is 0 Å². The van der Waals surface area contributed by atoms with Gasteiger partial charge in [-0.2, -0.15) is 11.8 Å². The normalized spacial score (nSPS) is 29.8. The molecule has 2 aliphatic rings. The summed E-state index contributed by atoms with van der Waals surface area (Å²) in [5.74, 6) is 1.03. The van der Waals surface area contributed by atoms with Gasteiger partial charge in [0.15, 0.2) is 5.78 Å². The van der Waals surface area contributed by atoms with Crippen LogP contribution in [0.3, 0.4) is 0 Å². The Hall–Kier alpha value is -1.03. The molecule has 19 heavy (non-hydrogen) atoms. The van der Waals surface area contributed by atoms with Gasteiger partial charge < -0.3 is 4.74 Å². The third-order valence-electron chi connectivity index (χ3n) is 4.13. The summed E-state index contributed by atoms with van der Waals surface area (Å²) < 4.78 is 5.03. The van der Waals surface area contributed by atoms with E-state index < -0.39 is 0 Å². The van der Waals surface area contributed by atoms with Crippen molar-refractivity contribution in [3.05, 3.63) is 23.9 Å². The Labute approximate surface area is 118 Å². The molecule has 3 rings (SSSR count). The maximum Gasteiger partial charge on any atom is 0.212 e. The maximum absolute atomic E-state index is 12.5. The number of nitrogens with zero attached hydrogens (tertiary/aromatic N) is 1. The highest BCUT2D eigenvalue weighted by molar-refractivity contribution is 8.00. The quantitative estimate of drug-likeness (QED) is 0.794. The van der Waals surface area contributed by atoms with Crippen LogP contribution in [-0.4, -0.2) is 28.4 Å². The highest BCUT2D eigenvalue weighted by Crippen LogP contribution is 2.44. The summed E-state index contributed by atoms with van der Waals surface area (Å²) in [6, 6.07) is 3.61. The molecule has 2 bridgehead atoms. The van der Waals surface area contributed by atoms with E-state index in [0.717, 1.165) is 18.4 Å². The molecule has 0 saturated carbocycles. The Morgan fingerprint density at radius 2 is 2.05 bits per heavy atom. The van der Waals surface area contributed by atoms with E-state index in [4.69, 9.17) is 4.74 Å². The van der Waals surface area contributed by atoms with Gasteiger partial charge >= 0.3 is 0 Å². The number of hydrogen-bond acceptors (Lipinski definition) is 4. The number of aromatic nitrogens is 1. The van der Waals surface area contributed by atoms with E-state index in [0.29, 0.717) is 16.4 Å². The topological polar surface area (TPSA) is 39.2 Å². The fourth-order valence-corrected chi connectivity index (χ4v) is 4.99. The van der Waals surface area contributed by atoms with Crippen LogP contribution in [0.4, 0.5) is 0 Å². The summed E-state index contributed by atoms with van der Waals surface area (Å²) in [6.45, 7) is 0. The number of pyridine rings is 1. The standard InChI is InChI=1S/C15H19NO2S/c1-18-14-6-5-10(9-16-14)15(17)11-7-12-3-2-4-13(8-11)19-12/h5-6,9,11-13H,2-4,7-8H2,1H3. The first-order valence-electron chi connectivity index (χ1n) is 6.96. The van der Waals surface area contributed by atoms with E-state index in [9.17, 15) is 4.79 Å². The fraction of sp³-hybridized carbons (Fsp3) is 0.600. The minimum absolute atomic E-state index is 0.201. The molecule has 3 nitrogen and oxygen atoms in total. The average Bonchev–Trinajstić information content (AvgIpc) is 2.46. The molecule has 0 amide bonds. The Morgan fingerprint density at radius 3 is 2.63 bits per heavy atom. The second kappa shape index (κ2) is 5.53. The Kier molecular flexibility index (Phi) is 3.78. The molecular weight excluding hydrogens is 258 g/mol. The zero-order chi connectivity index (χ0) is 13.2. The minimum atomic E-state index is 0.201. The second-order valence-electron chi connectivity index (χ2n) is 5.43. The number of carbonyl (C=O) groups is 1. The lowest BCUT2D eigenvalue weighted by molar-refractivity contribution is 0.0896. The largest absolute Gasteiger partial charge is 0.481 e. The molecule has 2 saturated heterocycles. The number of rotatable bonds is 3. The fourth-order valence-electron chi connectivity index (χ4n) is 3.16. The van der Waals surface area contributed by atoms with Crippen molar-refractivity contribution in [3.63, 3.8) is 0 Å². The van der Waals surface area contributed by atoms with Gasteiger partial charge in [0.05, 0.1) is 7.11 Å². The van der Waals surface area contributed by atoms with Gasteiger partial charge in [0.2, 0.25) is 5.88 Å². The number of ether oxygens (including phenoxy) is 1. The Balaban J connectivity index is 1.72. The van der Waals surface area contributed by atoms with E-state index in [1.54, 1.807) is 19.4 Å². The molecule has 4 heteroatoms. The molecule has 0 spiro atoms. The van der Waals surface area contributed by atoms with Crippen molar-refractivity contribution in [1.82, 2.24) is 4.98 Å². The Bertz CT molecular complexity index is 448. The van der Waals surface area contributed by atoms with E-state index in [2.05, 4.69) is 16.7 Å². The molecule has 0 aliphatic carbocycles. The van der Waals surface area contributed by atoms with Crippen LogP contribution in [0.15, 0.2) is 18.3 Å². The summed E-state index contributed by atoms with van der Waals surface area (Å²) in [5, 5.41) is 1.40. The molecule has 1 aromatic heterocycles. The predicted octanol–water partition coefficient (Wildman–Crippen LogP) is 3.34. The third-order valence-corrected chi connectivity index (χ3v) is 5.76. The van der Waals surface area contributed by atoms with Crippen molar-refractivity contribution >= 4 is 17.5 Å². The lowest BCUT2D eigenvalue weighted by atomic mass is 9.85. The van der Waals surface area contributed by atoms with Crippen LogP contribution in [0.5, 0.6) is 5.88 Å². The monoisotopic (exact) mass is 277 g/mol. The zero-order valence-corrected chi connectivity index (χ0v) is 12.0. The SMILES string of the molecule is COc1ccc(C(=O)C2CC3CCCC(C2)S3)cn1. The van der Waals surface area contributed by atoms with Crippen LogP contribution >= 0.6 is 11.8 Å². The lowest BCUT2D eigenvalue weighted by Crippen LogP contribution is -2.32. The van der Waals surface area contributed by atoms with Crippen molar-refractivity contribution in [2.75, 3.05) is 7.11 Å². The molecule has 0 N–H and O–H groups in total. The predicted molar refractivity (Wildman–Crippen MR) is 76.9 cm³/mol. The number of hydrogen-bond donors (Lipinski definition) is 0. The smallest absolute Gasteiger partial charge is 0.212 e. The molecular formula is C15H19NO2S. The molecule has 2 fully saturated rings. The summed E-state index contributed by atoms with van der Waals surface area (Å²) >= 11 is 2.11. The number of ketones is 1. The van der Waals surface area contributed by atoms with Crippen LogP contribution in [0.2, 0.25) is 0 Å². The summed E-state index contributed by atoms with van der Waals surface area (Å²) in [6.07, 6.45) is 7.65. The first kappa shape index (κ1) is 13.0. The van der Waals surface area contributed by atoms with Gasteiger partial charge in [0, 0.05) is 34.2 Å². The summed E-state index contributed by atoms with van der Waals surface area (Å²) in [4.78, 5) is 16.7. The van der Waals surface area contributed by atoms with Crippen LogP contribution < -0.4 is 4.74 Å². The number of thioether (sulfide) groups is 1. The van der Waals surface area contributed by atoms with Crippen molar-refractivity contribution in [2.24, 2.45) is 5.92 Å². The van der Waals surface area contributed by atoms with Gasteiger partial charge in [-0.1, -0.05) is 6.42 Å². The zero-order valence-electron chi connectivity index (χ0n) is 11.2. The maximum atomic E-state index is 12.5. The molecule has 2 aliphatic heterocycles. The van der Waals surface area contributed by atoms with E-state index in [1.807, 2.05) is 6.07 Å². The van der Waals surface area contributed by atoms with E-state index in [-0.39, 0.29) is 11.7 Å². The van der Waals surface area contributed by atoms with Crippen LogP contribution in [0.1, 0.15) is 42.5 Å². The van der Waals surface area contributed by atoms with Gasteiger partial charge in [0.25, 0.3) is 0 Å². The summed E-state index contributed by atoms with van der Waals surface area (Å²) in [7, 11) is 1.59. The molecule has 1 aromatic rings. The van der Waals surface area contributed by atoms with E-state index in [1.165, 1.54) is 19.3 Å². The van der Waals surface area contributed by atoms with Gasteiger partial charge in [0.1, 0.15) is 0 Å². The molecule has 2 unspecified atom stereocenters. The first-order chi connectivity index (χ1) is 9.26. The average molecular weight is 277 g/mol. The highest BCUT2D eigenvalue weighted by atomic mass is 32.2. The second-order valence-corrected chi connectivity index (χ2v) is 7.04. The molecule has 0 aromatic carbocycles. The molecule has 3 heterocycles. The number of methoxy groups -OCH3 is 1. The third kappa shape index (κ3) is 2.78. The van der Waals surface area contributed by atoms with Gasteiger partial charge in [-0.05, 0) is 31.7 Å². The number of fused-ring (bicyclic) bond motifs is 2. The number of Topliss-reactive ketones (excluding diaryl/α,β-unsaturated/α-hetero) is 1. The first-order valence-corrected chi connectivity index (χ1v) is 7.90. The van der Waals surface area contributed by atoms with Gasteiger partial charge in [-0.3, -0.25) is 4.79 Å².